The number of amides is 1. The highest BCUT2D eigenvalue weighted by Gasteiger charge is 2.13. The molecule has 1 aromatic carbocycles. The van der Waals surface area contributed by atoms with Gasteiger partial charge in [0.05, 0.1) is 34.0 Å². The van der Waals surface area contributed by atoms with E-state index in [4.69, 9.17) is 0 Å². The summed E-state index contributed by atoms with van der Waals surface area (Å²) in [7, 11) is 0. The number of aromatic nitrogens is 4. The molecule has 8 heteroatoms. The molecule has 0 aliphatic carbocycles. The second-order valence-electron chi connectivity index (χ2n) is 5.02. The molecule has 0 spiro atoms. The van der Waals surface area contributed by atoms with E-state index >= 15 is 0 Å². The molecule has 4 aromatic rings. The summed E-state index contributed by atoms with van der Waals surface area (Å²) in [4.78, 5) is 20.7. The lowest BCUT2D eigenvalue weighted by molar-refractivity contribution is 0.102. The molecule has 6 nitrogen and oxygen atoms in total. The van der Waals surface area contributed by atoms with Crippen molar-refractivity contribution in [1.82, 2.24) is 19.6 Å². The highest BCUT2D eigenvalue weighted by Crippen LogP contribution is 2.23. The van der Waals surface area contributed by atoms with Gasteiger partial charge in [-0.05, 0) is 19.1 Å². The van der Waals surface area contributed by atoms with Gasteiger partial charge in [0.25, 0.3) is 5.91 Å². The number of anilines is 1. The van der Waals surface area contributed by atoms with E-state index < -0.39 is 0 Å². The number of aryl methyl sites for hydroxylation is 1. The summed E-state index contributed by atoms with van der Waals surface area (Å²) in [5.74, 6) is -0.741. The number of halogens is 1. The van der Waals surface area contributed by atoms with Crippen LogP contribution in [0.25, 0.3) is 15.9 Å². The molecule has 0 unspecified atom stereocenters. The summed E-state index contributed by atoms with van der Waals surface area (Å²) in [6, 6.07) is 6.11. The van der Waals surface area contributed by atoms with Gasteiger partial charge in [-0.25, -0.2) is 18.9 Å². The Kier molecular flexibility index (Phi) is 3.05. The minimum Gasteiger partial charge on any atom is -0.317 e. The number of carbonyl (C=O) groups excluding carboxylic acids is 1. The molecule has 1 N–H and O–H groups in total. The number of carbonyl (C=O) groups is 1. The van der Waals surface area contributed by atoms with Crippen molar-refractivity contribution in [2.24, 2.45) is 0 Å². The molecular weight excluding hydrogens is 317 g/mol. The normalized spacial score (nSPS) is 11.2. The van der Waals surface area contributed by atoms with Gasteiger partial charge in [-0.2, -0.15) is 5.10 Å². The summed E-state index contributed by atoms with van der Waals surface area (Å²) < 4.78 is 15.5. The number of rotatable bonds is 2. The summed E-state index contributed by atoms with van der Waals surface area (Å²) in [5, 5.41) is 7.24. The van der Waals surface area contributed by atoms with E-state index in [1.54, 1.807) is 23.0 Å². The van der Waals surface area contributed by atoms with Crippen molar-refractivity contribution in [3.05, 3.63) is 53.2 Å². The number of hydrogen-bond donors (Lipinski definition) is 1. The van der Waals surface area contributed by atoms with E-state index in [0.717, 1.165) is 10.4 Å². The van der Waals surface area contributed by atoms with E-state index in [0.29, 0.717) is 16.9 Å². The summed E-state index contributed by atoms with van der Waals surface area (Å²) >= 11 is 1.21. The first kappa shape index (κ1) is 13.8. The molecule has 4 rings (SSSR count). The fraction of sp³-hybridized carbons (Fsp3) is 0.0667. The fourth-order valence-corrected chi connectivity index (χ4v) is 3.08. The van der Waals surface area contributed by atoms with Crippen LogP contribution >= 0.6 is 11.3 Å². The molecule has 0 saturated heterocycles. The zero-order chi connectivity index (χ0) is 16.0. The first-order valence-corrected chi connectivity index (χ1v) is 7.60. The Labute approximate surface area is 133 Å². The van der Waals surface area contributed by atoms with Crippen molar-refractivity contribution in [2.45, 2.75) is 6.92 Å². The molecule has 3 heterocycles. The van der Waals surface area contributed by atoms with Crippen molar-refractivity contribution >= 4 is 38.8 Å². The van der Waals surface area contributed by atoms with E-state index in [1.807, 2.05) is 13.0 Å². The Bertz CT molecular complexity index is 1050. The van der Waals surface area contributed by atoms with Crippen LogP contribution in [0.1, 0.15) is 15.5 Å². The van der Waals surface area contributed by atoms with Gasteiger partial charge in [-0.1, -0.05) is 0 Å². The largest absolute Gasteiger partial charge is 0.317 e. The topological polar surface area (TPSA) is 72.2 Å². The first-order valence-electron chi connectivity index (χ1n) is 6.78. The molecule has 114 valence electrons. The zero-order valence-electron chi connectivity index (χ0n) is 11.9. The van der Waals surface area contributed by atoms with E-state index in [9.17, 15) is 9.18 Å². The third kappa shape index (κ3) is 2.53. The Hall–Kier alpha value is -2.87. The maximum Gasteiger partial charge on any atom is 0.284 e. The molecule has 0 aliphatic heterocycles. The number of hydrogen-bond acceptors (Lipinski definition) is 5. The van der Waals surface area contributed by atoms with Crippen LogP contribution in [0.2, 0.25) is 0 Å². The van der Waals surface area contributed by atoms with E-state index in [1.165, 1.54) is 23.5 Å². The summed E-state index contributed by atoms with van der Waals surface area (Å²) in [5.41, 5.74) is 2.53. The highest BCUT2D eigenvalue weighted by atomic mass is 32.1. The van der Waals surface area contributed by atoms with Crippen LogP contribution in [0.15, 0.2) is 36.7 Å². The van der Waals surface area contributed by atoms with Crippen molar-refractivity contribution in [3.8, 4) is 0 Å². The Morgan fingerprint density at radius 1 is 1.35 bits per heavy atom. The van der Waals surface area contributed by atoms with Crippen LogP contribution in [0.4, 0.5) is 10.1 Å². The number of fused-ring (bicyclic) bond motifs is 2. The van der Waals surface area contributed by atoms with Gasteiger partial charge in [0.1, 0.15) is 5.82 Å². The molecule has 23 heavy (non-hydrogen) atoms. The number of thiazole rings is 1. The molecule has 0 aliphatic rings. The van der Waals surface area contributed by atoms with E-state index in [2.05, 4.69) is 20.4 Å². The number of nitrogens with zero attached hydrogens (tertiary/aromatic N) is 4. The first-order chi connectivity index (χ1) is 11.1. The monoisotopic (exact) mass is 327 g/mol. The molecule has 0 saturated carbocycles. The minimum absolute atomic E-state index is 0.266. The van der Waals surface area contributed by atoms with Gasteiger partial charge >= 0.3 is 0 Å². The Morgan fingerprint density at radius 2 is 2.22 bits per heavy atom. The van der Waals surface area contributed by atoms with Crippen molar-refractivity contribution in [2.75, 3.05) is 5.32 Å². The van der Waals surface area contributed by atoms with Gasteiger partial charge in [-0.15, -0.1) is 11.3 Å². The lowest BCUT2D eigenvalue weighted by Gasteiger charge is -2.02. The van der Waals surface area contributed by atoms with Gasteiger partial charge in [0.15, 0.2) is 10.7 Å². The van der Waals surface area contributed by atoms with Gasteiger partial charge < -0.3 is 5.32 Å². The molecule has 0 atom stereocenters. The van der Waals surface area contributed by atoms with E-state index in [-0.39, 0.29) is 16.7 Å². The zero-order valence-corrected chi connectivity index (χ0v) is 12.8. The lowest BCUT2D eigenvalue weighted by Crippen LogP contribution is -2.12. The van der Waals surface area contributed by atoms with Gasteiger partial charge in [0.2, 0.25) is 0 Å². The van der Waals surface area contributed by atoms with Gasteiger partial charge in [-0.3, -0.25) is 4.79 Å². The molecule has 0 bridgehead atoms. The van der Waals surface area contributed by atoms with Crippen LogP contribution < -0.4 is 5.32 Å². The molecule has 3 aromatic heterocycles. The smallest absolute Gasteiger partial charge is 0.284 e. The fourth-order valence-electron chi connectivity index (χ4n) is 2.24. The van der Waals surface area contributed by atoms with Crippen molar-refractivity contribution < 1.29 is 9.18 Å². The number of nitrogens with one attached hydrogen (secondary N) is 1. The van der Waals surface area contributed by atoms with Crippen molar-refractivity contribution in [1.29, 1.82) is 0 Å². The standard InChI is InChI=1S/C15H10FN5OS/c1-8-4-13-17-6-10(7-21(13)20-8)18-14(22)15-19-11-5-9(16)2-3-12(11)23-15/h2-7H,1H3,(H,18,22). The third-order valence-corrected chi connectivity index (χ3v) is 4.27. The lowest BCUT2D eigenvalue weighted by atomic mass is 10.3. The average molecular weight is 327 g/mol. The van der Waals surface area contributed by atoms with Gasteiger partial charge in [0, 0.05) is 12.1 Å². The molecule has 0 fully saturated rings. The maximum atomic E-state index is 13.2. The third-order valence-electron chi connectivity index (χ3n) is 3.24. The summed E-state index contributed by atoms with van der Waals surface area (Å²) in [6.07, 6.45) is 3.24. The van der Waals surface area contributed by atoms with Crippen LogP contribution in [0.5, 0.6) is 0 Å². The quantitative estimate of drug-likeness (QED) is 0.614. The second-order valence-corrected chi connectivity index (χ2v) is 6.05. The minimum atomic E-state index is -0.376. The molecular formula is C15H10FN5OS. The predicted octanol–water partition coefficient (Wildman–Crippen LogP) is 3.04. The predicted molar refractivity (Wildman–Crippen MR) is 85.3 cm³/mol. The molecule has 1 amide bonds. The van der Waals surface area contributed by atoms with Crippen LogP contribution in [-0.4, -0.2) is 25.5 Å². The maximum absolute atomic E-state index is 13.2. The molecule has 0 radical (unpaired) electrons. The highest BCUT2D eigenvalue weighted by molar-refractivity contribution is 7.20. The average Bonchev–Trinajstić information content (AvgIpc) is 3.08. The Balaban J connectivity index is 1.64. The van der Waals surface area contributed by atoms with Crippen LogP contribution in [0, 0.1) is 12.7 Å². The van der Waals surface area contributed by atoms with Crippen molar-refractivity contribution in [3.63, 3.8) is 0 Å². The second kappa shape index (κ2) is 5.10. The SMILES string of the molecule is Cc1cc2ncc(NC(=O)c3nc4cc(F)ccc4s3)cn2n1. The van der Waals surface area contributed by atoms with Crippen LogP contribution in [0.3, 0.4) is 0 Å². The Morgan fingerprint density at radius 3 is 3.09 bits per heavy atom. The summed E-state index contributed by atoms with van der Waals surface area (Å²) in [6.45, 7) is 1.87. The van der Waals surface area contributed by atoms with Crippen LogP contribution in [-0.2, 0) is 0 Å². The number of benzene rings is 1.